The van der Waals surface area contributed by atoms with Crippen molar-refractivity contribution in [2.75, 3.05) is 5.32 Å². The van der Waals surface area contributed by atoms with Crippen LogP contribution in [0.4, 0.5) is 5.82 Å². The molecule has 1 atom stereocenters. The summed E-state index contributed by atoms with van der Waals surface area (Å²) in [4.78, 5) is 5.32. The molecule has 0 aliphatic rings. The quantitative estimate of drug-likeness (QED) is 0.781. The minimum Gasteiger partial charge on any atom is -0.361 e. The highest BCUT2D eigenvalue weighted by Crippen LogP contribution is 2.31. The number of hydrogen-bond acceptors (Lipinski definition) is 3. The highest BCUT2D eigenvalue weighted by atomic mass is 35.5. The van der Waals surface area contributed by atoms with E-state index < -0.39 is 0 Å². The summed E-state index contributed by atoms with van der Waals surface area (Å²) in [5.41, 5.74) is 0. The van der Waals surface area contributed by atoms with Crippen molar-refractivity contribution in [3.05, 3.63) is 43.7 Å². The highest BCUT2D eigenvalue weighted by Gasteiger charge is 2.12. The Morgan fingerprint density at radius 2 is 2.06 bits per heavy atom. The molecule has 0 aromatic carbocycles. The maximum absolute atomic E-state index is 6.04. The van der Waals surface area contributed by atoms with Gasteiger partial charge in [-0.15, -0.1) is 11.3 Å². The van der Waals surface area contributed by atoms with Gasteiger partial charge in [-0.1, -0.05) is 40.9 Å². The molecule has 2 aromatic heterocycles. The summed E-state index contributed by atoms with van der Waals surface area (Å²) in [6.45, 7) is 2.03. The minimum atomic E-state index is 0.122. The molecular weight excluding hydrogens is 299 g/mol. The van der Waals surface area contributed by atoms with Gasteiger partial charge in [0.15, 0.2) is 0 Å². The first-order valence-corrected chi connectivity index (χ1v) is 6.90. The molecule has 2 rings (SSSR count). The van der Waals surface area contributed by atoms with Crippen molar-refractivity contribution in [2.24, 2.45) is 0 Å². The van der Waals surface area contributed by atoms with Crippen molar-refractivity contribution in [3.8, 4) is 0 Å². The summed E-state index contributed by atoms with van der Waals surface area (Å²) in [5, 5.41) is 6.29. The number of aromatic nitrogens is 1. The molecule has 2 heterocycles. The summed E-state index contributed by atoms with van der Waals surface area (Å²) in [7, 11) is 0. The monoisotopic (exact) mass is 306 g/mol. The molecule has 6 heteroatoms. The summed E-state index contributed by atoms with van der Waals surface area (Å²) in [5.74, 6) is 0.543. The van der Waals surface area contributed by atoms with Crippen LogP contribution in [0, 0.1) is 0 Å². The second kappa shape index (κ2) is 5.44. The van der Waals surface area contributed by atoms with Gasteiger partial charge in [0.05, 0.1) is 16.1 Å². The normalized spacial score (nSPS) is 12.5. The van der Waals surface area contributed by atoms with Gasteiger partial charge < -0.3 is 5.32 Å². The van der Waals surface area contributed by atoms with Crippen LogP contribution < -0.4 is 5.32 Å². The number of halogens is 3. The molecule has 1 N–H and O–H groups in total. The second-order valence-corrected chi connectivity index (χ2v) is 5.62. The van der Waals surface area contributed by atoms with Gasteiger partial charge in [0.1, 0.15) is 11.0 Å². The molecule has 0 aliphatic carbocycles. The molecule has 0 radical (unpaired) electrons. The molecule has 0 fully saturated rings. The van der Waals surface area contributed by atoms with Gasteiger partial charge in [0.25, 0.3) is 0 Å². The lowest BCUT2D eigenvalue weighted by atomic mass is 10.3. The van der Waals surface area contributed by atoms with E-state index in [9.17, 15) is 0 Å². The van der Waals surface area contributed by atoms with Gasteiger partial charge in [-0.05, 0) is 24.4 Å². The van der Waals surface area contributed by atoms with E-state index in [2.05, 4.69) is 10.3 Å². The fourth-order valence-corrected chi connectivity index (χ4v) is 2.65. The maximum atomic E-state index is 6.04. The van der Waals surface area contributed by atoms with Crippen LogP contribution in [-0.2, 0) is 0 Å². The van der Waals surface area contributed by atoms with E-state index >= 15 is 0 Å². The number of pyridine rings is 1. The lowest BCUT2D eigenvalue weighted by Gasteiger charge is -2.14. The smallest absolute Gasteiger partial charge is 0.150 e. The predicted molar refractivity (Wildman–Crippen MR) is 75.6 cm³/mol. The Hall–Kier alpha value is -0.480. The lowest BCUT2D eigenvalue weighted by Crippen LogP contribution is -2.07. The Bertz CT molecular complexity index is 514. The second-order valence-electron chi connectivity index (χ2n) is 3.47. The fourth-order valence-electron chi connectivity index (χ4n) is 1.36. The maximum Gasteiger partial charge on any atom is 0.150 e. The van der Waals surface area contributed by atoms with Crippen molar-refractivity contribution in [3.63, 3.8) is 0 Å². The first-order valence-electron chi connectivity index (χ1n) is 4.89. The molecule has 90 valence electrons. The van der Waals surface area contributed by atoms with Gasteiger partial charge >= 0.3 is 0 Å². The Labute approximate surface area is 119 Å². The third-order valence-corrected chi connectivity index (χ3v) is 4.23. The van der Waals surface area contributed by atoms with Gasteiger partial charge in [-0.2, -0.15) is 0 Å². The molecule has 0 bridgehead atoms. The van der Waals surface area contributed by atoms with E-state index in [1.54, 1.807) is 17.4 Å². The Morgan fingerprint density at radius 1 is 1.29 bits per heavy atom. The van der Waals surface area contributed by atoms with Crippen molar-refractivity contribution in [1.29, 1.82) is 0 Å². The lowest BCUT2D eigenvalue weighted by molar-refractivity contribution is 0.897. The van der Waals surface area contributed by atoms with Gasteiger partial charge in [-0.25, -0.2) is 4.98 Å². The molecule has 1 unspecified atom stereocenters. The summed E-state index contributed by atoms with van der Waals surface area (Å²) >= 11 is 19.4. The summed E-state index contributed by atoms with van der Waals surface area (Å²) in [6.07, 6.45) is 0. The highest BCUT2D eigenvalue weighted by molar-refractivity contribution is 7.10. The standard InChI is InChI=1S/C11H9Cl3N2S/c1-6(9-3-2-4-17-9)15-11-8(13)5-7(12)10(14)16-11/h2-6H,1H3,(H,15,16). The fraction of sp³-hybridized carbons (Fsp3) is 0.182. The third kappa shape index (κ3) is 3.05. The molecule has 0 saturated heterocycles. The van der Waals surface area contributed by atoms with Crippen LogP contribution in [0.1, 0.15) is 17.8 Å². The van der Waals surface area contributed by atoms with E-state index in [1.165, 1.54) is 4.88 Å². The van der Waals surface area contributed by atoms with Gasteiger partial charge in [-0.3, -0.25) is 0 Å². The van der Waals surface area contributed by atoms with Crippen molar-refractivity contribution in [2.45, 2.75) is 13.0 Å². The third-order valence-electron chi connectivity index (χ3n) is 2.21. The largest absolute Gasteiger partial charge is 0.361 e. The SMILES string of the molecule is CC(Nc1nc(Cl)c(Cl)cc1Cl)c1cccs1. The van der Waals surface area contributed by atoms with Crippen LogP contribution in [0.2, 0.25) is 15.2 Å². The van der Waals surface area contributed by atoms with Crippen LogP contribution in [-0.4, -0.2) is 4.98 Å². The molecule has 2 aromatic rings. The van der Waals surface area contributed by atoms with Crippen LogP contribution in [0.15, 0.2) is 23.6 Å². The van der Waals surface area contributed by atoms with Crippen LogP contribution >= 0.6 is 46.1 Å². The first kappa shape index (κ1) is 13.0. The molecule has 0 aliphatic heterocycles. The zero-order valence-electron chi connectivity index (χ0n) is 8.88. The average molecular weight is 308 g/mol. The van der Waals surface area contributed by atoms with E-state index in [0.717, 1.165) is 0 Å². The van der Waals surface area contributed by atoms with Crippen LogP contribution in [0.3, 0.4) is 0 Å². The zero-order valence-corrected chi connectivity index (χ0v) is 12.0. The molecule has 0 saturated carbocycles. The zero-order chi connectivity index (χ0) is 12.4. The van der Waals surface area contributed by atoms with Crippen molar-refractivity contribution < 1.29 is 0 Å². The molecule has 17 heavy (non-hydrogen) atoms. The predicted octanol–water partition coefficient (Wildman–Crippen LogP) is 5.28. The van der Waals surface area contributed by atoms with Gasteiger partial charge in [0, 0.05) is 4.88 Å². The molecule has 0 spiro atoms. The van der Waals surface area contributed by atoms with Crippen LogP contribution in [0.25, 0.3) is 0 Å². The minimum absolute atomic E-state index is 0.122. The molecular formula is C11H9Cl3N2S. The van der Waals surface area contributed by atoms with Crippen LogP contribution in [0.5, 0.6) is 0 Å². The average Bonchev–Trinajstić information content (AvgIpc) is 2.79. The number of hydrogen-bond donors (Lipinski definition) is 1. The van der Waals surface area contributed by atoms with Crippen molar-refractivity contribution >= 4 is 52.0 Å². The van der Waals surface area contributed by atoms with E-state index in [-0.39, 0.29) is 11.2 Å². The Balaban J connectivity index is 2.22. The van der Waals surface area contributed by atoms with E-state index in [4.69, 9.17) is 34.8 Å². The van der Waals surface area contributed by atoms with E-state index in [1.807, 2.05) is 24.4 Å². The van der Waals surface area contributed by atoms with E-state index in [0.29, 0.717) is 15.9 Å². The Morgan fingerprint density at radius 3 is 2.71 bits per heavy atom. The van der Waals surface area contributed by atoms with Gasteiger partial charge in [0.2, 0.25) is 0 Å². The summed E-state index contributed by atoms with van der Waals surface area (Å²) in [6, 6.07) is 5.76. The van der Waals surface area contributed by atoms with Crippen molar-refractivity contribution in [1.82, 2.24) is 4.98 Å². The number of thiophene rings is 1. The number of nitrogens with one attached hydrogen (secondary N) is 1. The molecule has 0 amide bonds. The number of nitrogens with zero attached hydrogens (tertiary/aromatic N) is 1. The number of rotatable bonds is 3. The summed E-state index contributed by atoms with van der Waals surface area (Å²) < 4.78 is 0. The Kier molecular flexibility index (Phi) is 4.15. The molecule has 2 nitrogen and oxygen atoms in total. The number of anilines is 1. The first-order chi connectivity index (χ1) is 8.08. The topological polar surface area (TPSA) is 24.9 Å².